The third-order valence-corrected chi connectivity index (χ3v) is 2.93. The van der Waals surface area contributed by atoms with Crippen LogP contribution >= 0.6 is 0 Å². The molecule has 0 amide bonds. The van der Waals surface area contributed by atoms with E-state index in [1.807, 2.05) is 0 Å². The molecule has 1 aliphatic heterocycles. The quantitative estimate of drug-likeness (QED) is 0.470. The van der Waals surface area contributed by atoms with Gasteiger partial charge in [0.25, 0.3) is 0 Å². The fourth-order valence-corrected chi connectivity index (χ4v) is 2.02. The maximum absolute atomic E-state index is 10.8. The first-order valence-corrected chi connectivity index (χ1v) is 5.61. The molecule has 1 aromatic carbocycles. The highest BCUT2D eigenvalue weighted by Gasteiger charge is 2.18. The van der Waals surface area contributed by atoms with E-state index < -0.39 is 4.92 Å². The monoisotopic (exact) mass is 273 g/mol. The van der Waals surface area contributed by atoms with Crippen molar-refractivity contribution in [1.82, 2.24) is 0 Å². The lowest BCUT2D eigenvalue weighted by atomic mass is 10.2. The maximum atomic E-state index is 10.8. The van der Waals surface area contributed by atoms with E-state index in [-0.39, 0.29) is 18.1 Å². The van der Waals surface area contributed by atoms with Gasteiger partial charge in [-0.2, -0.15) is 0 Å². The summed E-state index contributed by atoms with van der Waals surface area (Å²) in [6.07, 6.45) is 0. The largest absolute Gasteiger partial charge is 1.00 e. The van der Waals surface area contributed by atoms with E-state index in [0.717, 1.165) is 31.9 Å². The number of piperazine rings is 1. The van der Waals surface area contributed by atoms with Crippen LogP contribution in [0.5, 0.6) is 5.75 Å². The lowest BCUT2D eigenvalue weighted by Crippen LogP contribution is -3.00. The van der Waals surface area contributed by atoms with E-state index in [0.29, 0.717) is 5.75 Å². The molecule has 2 rings (SSSR count). The number of benzene rings is 1. The van der Waals surface area contributed by atoms with Crippen LogP contribution in [0, 0.1) is 10.1 Å². The topological polar surface area (TPSA) is 72.2 Å². The number of methoxy groups -OCH3 is 1. The van der Waals surface area contributed by atoms with E-state index >= 15 is 0 Å². The van der Waals surface area contributed by atoms with Gasteiger partial charge in [-0.1, -0.05) is 0 Å². The van der Waals surface area contributed by atoms with Crippen molar-refractivity contribution in [1.29, 1.82) is 0 Å². The zero-order valence-corrected chi connectivity index (χ0v) is 10.9. The normalized spacial score (nSPS) is 14.8. The Bertz CT molecular complexity index is 422. The van der Waals surface area contributed by atoms with Gasteiger partial charge in [0.2, 0.25) is 0 Å². The molecule has 1 aliphatic rings. The van der Waals surface area contributed by atoms with Crippen LogP contribution in [0.4, 0.5) is 11.4 Å². The summed E-state index contributed by atoms with van der Waals surface area (Å²) in [5, 5.41) is 13.0. The van der Waals surface area contributed by atoms with E-state index in [1.165, 1.54) is 13.2 Å². The minimum atomic E-state index is -0.424. The first-order chi connectivity index (χ1) is 8.22. The summed E-state index contributed by atoms with van der Waals surface area (Å²) >= 11 is 0. The average molecular weight is 274 g/mol. The summed E-state index contributed by atoms with van der Waals surface area (Å²) < 4.78 is 5.06. The van der Waals surface area contributed by atoms with Crippen molar-refractivity contribution >= 4 is 11.4 Å². The highest BCUT2D eigenvalue weighted by atomic mass is 35.5. The smallest absolute Gasteiger partial charge is 0.311 e. The Kier molecular flexibility index (Phi) is 5.18. The van der Waals surface area contributed by atoms with Gasteiger partial charge in [-0.05, 0) is 6.07 Å². The van der Waals surface area contributed by atoms with Gasteiger partial charge in [-0.3, -0.25) is 10.1 Å². The second-order valence-corrected chi connectivity index (χ2v) is 3.97. The van der Waals surface area contributed by atoms with Crippen molar-refractivity contribution in [3.05, 3.63) is 28.3 Å². The number of nitrogens with two attached hydrogens (primary N) is 1. The molecule has 0 atom stereocenters. The molecule has 1 aromatic rings. The molecule has 0 spiro atoms. The summed E-state index contributed by atoms with van der Waals surface area (Å²) in [4.78, 5) is 12.6. The van der Waals surface area contributed by atoms with Crippen LogP contribution < -0.4 is 27.4 Å². The third-order valence-electron chi connectivity index (χ3n) is 2.93. The van der Waals surface area contributed by atoms with Gasteiger partial charge in [0.1, 0.15) is 0 Å². The van der Waals surface area contributed by atoms with Crippen molar-refractivity contribution in [3.8, 4) is 5.75 Å². The van der Waals surface area contributed by atoms with Crippen LogP contribution in [-0.2, 0) is 0 Å². The molecule has 0 aliphatic carbocycles. The maximum Gasteiger partial charge on any atom is 0.311 e. The fourth-order valence-electron chi connectivity index (χ4n) is 2.02. The summed E-state index contributed by atoms with van der Waals surface area (Å²) in [6, 6.07) is 5.03. The summed E-state index contributed by atoms with van der Waals surface area (Å²) in [5.74, 6) is 0.321. The Balaban J connectivity index is 0.00000162. The van der Waals surface area contributed by atoms with Crippen LogP contribution in [0.15, 0.2) is 18.2 Å². The Hall–Kier alpha value is -1.53. The number of nitro benzene ring substituents is 1. The standard InChI is InChI=1S/C11H15N3O3.ClH/c1-17-11-8-9(2-3-10(11)14(15)16)13-6-4-12-5-7-13;/h2-3,8,12H,4-7H2,1H3;1H. The van der Waals surface area contributed by atoms with Crippen molar-refractivity contribution in [2.45, 2.75) is 0 Å². The molecule has 18 heavy (non-hydrogen) atoms. The average Bonchev–Trinajstić information content (AvgIpc) is 2.39. The highest BCUT2D eigenvalue weighted by molar-refractivity contribution is 5.59. The number of anilines is 1. The van der Waals surface area contributed by atoms with Gasteiger partial charge in [0.15, 0.2) is 5.75 Å². The first kappa shape index (κ1) is 14.5. The van der Waals surface area contributed by atoms with Crippen molar-refractivity contribution in [3.63, 3.8) is 0 Å². The molecule has 6 nitrogen and oxygen atoms in total. The van der Waals surface area contributed by atoms with E-state index in [1.54, 1.807) is 12.1 Å². The van der Waals surface area contributed by atoms with Gasteiger partial charge >= 0.3 is 5.69 Å². The Morgan fingerprint density at radius 1 is 1.39 bits per heavy atom. The predicted molar refractivity (Wildman–Crippen MR) is 63.5 cm³/mol. The van der Waals surface area contributed by atoms with Crippen LogP contribution in [0.1, 0.15) is 0 Å². The number of hydrogen-bond donors (Lipinski definition) is 1. The molecular formula is C11H16ClN3O3. The second-order valence-electron chi connectivity index (χ2n) is 3.97. The van der Waals surface area contributed by atoms with Crippen LogP contribution in [0.25, 0.3) is 0 Å². The van der Waals surface area contributed by atoms with Crippen LogP contribution in [-0.4, -0.2) is 38.2 Å². The molecule has 7 heteroatoms. The van der Waals surface area contributed by atoms with Crippen molar-refractivity contribution < 1.29 is 27.4 Å². The minimum Gasteiger partial charge on any atom is -1.00 e. The molecule has 0 bridgehead atoms. The molecule has 1 saturated heterocycles. The van der Waals surface area contributed by atoms with Gasteiger partial charge in [0, 0.05) is 17.8 Å². The van der Waals surface area contributed by atoms with Crippen LogP contribution in [0.2, 0.25) is 0 Å². The molecule has 0 saturated carbocycles. The first-order valence-electron chi connectivity index (χ1n) is 5.61. The fraction of sp³-hybridized carbons (Fsp3) is 0.455. The number of nitrogens with zero attached hydrogens (tertiary/aromatic N) is 2. The van der Waals surface area contributed by atoms with E-state index in [4.69, 9.17) is 4.74 Å². The number of hydrogen-bond acceptors (Lipinski definition) is 4. The van der Waals surface area contributed by atoms with E-state index in [9.17, 15) is 10.1 Å². The Morgan fingerprint density at radius 3 is 2.61 bits per heavy atom. The number of halogens is 1. The van der Waals surface area contributed by atoms with E-state index in [2.05, 4.69) is 10.2 Å². The SMILES string of the molecule is COc1cc(N2CC[NH2+]CC2)ccc1[N+](=O)[O-].[Cl-]. The Labute approximate surface area is 111 Å². The van der Waals surface area contributed by atoms with Gasteiger partial charge < -0.3 is 27.4 Å². The van der Waals surface area contributed by atoms with Gasteiger partial charge in [0.05, 0.1) is 38.2 Å². The molecule has 1 fully saturated rings. The predicted octanol–water partition coefficient (Wildman–Crippen LogP) is -3.01. The zero-order chi connectivity index (χ0) is 12.3. The molecular weight excluding hydrogens is 258 g/mol. The van der Waals surface area contributed by atoms with Crippen LogP contribution in [0.3, 0.4) is 0 Å². The number of ether oxygens (including phenoxy) is 1. The van der Waals surface area contributed by atoms with Gasteiger partial charge in [-0.15, -0.1) is 0 Å². The number of rotatable bonds is 3. The van der Waals surface area contributed by atoms with Crippen molar-refractivity contribution in [2.24, 2.45) is 0 Å². The molecule has 100 valence electrons. The highest BCUT2D eigenvalue weighted by Crippen LogP contribution is 2.31. The summed E-state index contributed by atoms with van der Waals surface area (Å²) in [5.41, 5.74) is 1.00. The molecule has 1 heterocycles. The third kappa shape index (κ3) is 3.02. The lowest BCUT2D eigenvalue weighted by molar-refractivity contribution is -0.655. The molecule has 2 N–H and O–H groups in total. The minimum absolute atomic E-state index is 0. The molecule has 0 aromatic heterocycles. The zero-order valence-electron chi connectivity index (χ0n) is 10.1. The van der Waals surface area contributed by atoms with Crippen molar-refractivity contribution in [2.75, 3.05) is 38.2 Å². The summed E-state index contributed by atoms with van der Waals surface area (Å²) in [7, 11) is 1.45. The van der Waals surface area contributed by atoms with Gasteiger partial charge in [-0.25, -0.2) is 0 Å². The Morgan fingerprint density at radius 2 is 2.06 bits per heavy atom. The molecule has 0 radical (unpaired) electrons. The summed E-state index contributed by atoms with van der Waals surface area (Å²) in [6.45, 7) is 4.03. The second kappa shape index (κ2) is 6.42. The number of nitro groups is 1. The number of quaternary nitrogens is 1. The lowest BCUT2D eigenvalue weighted by Gasteiger charge is -2.27. The molecule has 0 unspecified atom stereocenters.